The summed E-state index contributed by atoms with van der Waals surface area (Å²) in [5, 5.41) is 0. The number of rotatable bonds is 4. The van der Waals surface area contributed by atoms with Crippen LogP contribution in [0, 0.1) is 24.4 Å². The van der Waals surface area contributed by atoms with E-state index in [0.29, 0.717) is 5.56 Å². The second-order valence-corrected chi connectivity index (χ2v) is 7.64. The van der Waals surface area contributed by atoms with Gasteiger partial charge in [0.25, 0.3) is 0 Å². The molecule has 0 saturated heterocycles. The van der Waals surface area contributed by atoms with E-state index >= 15 is 0 Å². The van der Waals surface area contributed by atoms with Crippen LogP contribution in [0.15, 0.2) is 84.9 Å². The lowest BCUT2D eigenvalue weighted by Crippen LogP contribution is -1.96. The minimum Gasteiger partial charge on any atom is -0.207 e. The summed E-state index contributed by atoms with van der Waals surface area (Å²) in [6, 6.07) is 24.4. The standard InChI is InChI=1S/C27H21F3/c1-17-11-23(13-25(28)12-17)21-7-3-19(4-8-21)18(2)20-5-9-22(10-6-20)24-14-26(29)16-27(30)15-24/h3-16,18H,1-2H3. The van der Waals surface area contributed by atoms with Gasteiger partial charge in [-0.3, -0.25) is 0 Å². The van der Waals surface area contributed by atoms with Crippen molar-refractivity contribution >= 4 is 0 Å². The summed E-state index contributed by atoms with van der Waals surface area (Å²) in [4.78, 5) is 0. The summed E-state index contributed by atoms with van der Waals surface area (Å²) in [7, 11) is 0. The molecule has 0 aliphatic rings. The first-order chi connectivity index (χ1) is 14.4. The molecule has 0 aliphatic carbocycles. The summed E-state index contributed by atoms with van der Waals surface area (Å²) in [5.41, 5.74) is 6.24. The molecule has 3 heteroatoms. The largest absolute Gasteiger partial charge is 0.207 e. The molecular weight excluding hydrogens is 381 g/mol. The molecule has 0 spiro atoms. The lowest BCUT2D eigenvalue weighted by Gasteiger charge is -2.14. The van der Waals surface area contributed by atoms with Crippen LogP contribution >= 0.6 is 0 Å². The summed E-state index contributed by atoms with van der Waals surface area (Å²) in [6.45, 7) is 3.99. The van der Waals surface area contributed by atoms with Gasteiger partial charge in [0, 0.05) is 12.0 Å². The van der Waals surface area contributed by atoms with Crippen molar-refractivity contribution < 1.29 is 13.2 Å². The Labute approximate surface area is 174 Å². The summed E-state index contributed by atoms with van der Waals surface area (Å²) in [6.07, 6.45) is 0. The molecule has 1 atom stereocenters. The molecular formula is C27H21F3. The third-order valence-corrected chi connectivity index (χ3v) is 5.39. The van der Waals surface area contributed by atoms with Crippen LogP contribution in [0.25, 0.3) is 22.3 Å². The Morgan fingerprint density at radius 3 is 1.33 bits per heavy atom. The average molecular weight is 402 g/mol. The van der Waals surface area contributed by atoms with Gasteiger partial charge in [0.15, 0.2) is 0 Å². The van der Waals surface area contributed by atoms with Crippen LogP contribution in [0.4, 0.5) is 13.2 Å². The van der Waals surface area contributed by atoms with Gasteiger partial charge in [-0.1, -0.05) is 61.5 Å². The number of aryl methyl sites for hydroxylation is 1. The van der Waals surface area contributed by atoms with Crippen LogP contribution in [0.1, 0.15) is 29.5 Å². The number of benzene rings is 4. The van der Waals surface area contributed by atoms with E-state index in [9.17, 15) is 13.2 Å². The fourth-order valence-corrected chi connectivity index (χ4v) is 3.74. The van der Waals surface area contributed by atoms with Crippen LogP contribution in [0.2, 0.25) is 0 Å². The third kappa shape index (κ3) is 4.30. The molecule has 4 rings (SSSR count). The Bertz CT molecular complexity index is 1040. The molecule has 4 aromatic rings. The minimum atomic E-state index is -0.587. The van der Waals surface area contributed by atoms with Gasteiger partial charge < -0.3 is 0 Å². The molecule has 0 fully saturated rings. The summed E-state index contributed by atoms with van der Waals surface area (Å²) >= 11 is 0. The molecule has 0 bridgehead atoms. The van der Waals surface area contributed by atoms with Crippen molar-refractivity contribution in [3.63, 3.8) is 0 Å². The number of hydrogen-bond acceptors (Lipinski definition) is 0. The maximum atomic E-state index is 13.7. The third-order valence-electron chi connectivity index (χ3n) is 5.39. The van der Waals surface area contributed by atoms with Crippen LogP contribution in [-0.2, 0) is 0 Å². The van der Waals surface area contributed by atoms with Crippen LogP contribution in [0.3, 0.4) is 0 Å². The van der Waals surface area contributed by atoms with Crippen molar-refractivity contribution in [3.05, 3.63) is 119 Å². The van der Waals surface area contributed by atoms with E-state index in [4.69, 9.17) is 0 Å². The Morgan fingerprint density at radius 1 is 0.500 bits per heavy atom. The number of hydrogen-bond donors (Lipinski definition) is 0. The van der Waals surface area contributed by atoms with Crippen LogP contribution < -0.4 is 0 Å². The normalized spacial score (nSPS) is 12.0. The first-order valence-electron chi connectivity index (χ1n) is 9.83. The highest BCUT2D eigenvalue weighted by molar-refractivity contribution is 5.66. The van der Waals surface area contributed by atoms with E-state index < -0.39 is 11.6 Å². The molecule has 0 radical (unpaired) electrons. The minimum absolute atomic E-state index is 0.145. The van der Waals surface area contributed by atoms with Gasteiger partial charge in [0.05, 0.1) is 0 Å². The maximum Gasteiger partial charge on any atom is 0.126 e. The molecule has 0 heterocycles. The maximum absolute atomic E-state index is 13.7. The van der Waals surface area contributed by atoms with E-state index in [0.717, 1.165) is 39.4 Å². The molecule has 30 heavy (non-hydrogen) atoms. The number of halogens is 3. The Hall–Kier alpha value is -3.33. The first kappa shape index (κ1) is 20.0. The smallest absolute Gasteiger partial charge is 0.126 e. The SMILES string of the molecule is Cc1cc(F)cc(-c2ccc(C(C)c3ccc(-c4cc(F)cc(F)c4)cc3)cc2)c1. The predicted molar refractivity (Wildman–Crippen MR) is 116 cm³/mol. The average Bonchev–Trinajstić information content (AvgIpc) is 2.72. The van der Waals surface area contributed by atoms with E-state index in [1.807, 2.05) is 49.4 Å². The van der Waals surface area contributed by atoms with Crippen molar-refractivity contribution in [1.82, 2.24) is 0 Å². The topological polar surface area (TPSA) is 0 Å². The van der Waals surface area contributed by atoms with E-state index in [-0.39, 0.29) is 11.7 Å². The monoisotopic (exact) mass is 402 g/mol. The molecule has 0 aromatic heterocycles. The molecule has 0 saturated carbocycles. The van der Waals surface area contributed by atoms with Gasteiger partial charge in [0.1, 0.15) is 17.5 Å². The fraction of sp³-hybridized carbons (Fsp3) is 0.111. The van der Waals surface area contributed by atoms with Crippen LogP contribution in [-0.4, -0.2) is 0 Å². The van der Waals surface area contributed by atoms with E-state index in [1.54, 1.807) is 6.07 Å². The molecule has 1 unspecified atom stereocenters. The van der Waals surface area contributed by atoms with Crippen molar-refractivity contribution in [3.8, 4) is 22.3 Å². The molecule has 4 aromatic carbocycles. The lowest BCUT2D eigenvalue weighted by atomic mass is 9.90. The molecule has 150 valence electrons. The Balaban J connectivity index is 1.56. The Kier molecular flexibility index (Phi) is 5.45. The van der Waals surface area contributed by atoms with E-state index in [1.165, 1.54) is 18.2 Å². The highest BCUT2D eigenvalue weighted by atomic mass is 19.1. The van der Waals surface area contributed by atoms with Gasteiger partial charge in [-0.05, 0) is 70.1 Å². The van der Waals surface area contributed by atoms with Crippen LogP contribution in [0.5, 0.6) is 0 Å². The first-order valence-corrected chi connectivity index (χ1v) is 9.83. The quantitative estimate of drug-likeness (QED) is 0.325. The summed E-state index contributed by atoms with van der Waals surface area (Å²) in [5.74, 6) is -1.26. The highest BCUT2D eigenvalue weighted by Crippen LogP contribution is 2.30. The zero-order chi connectivity index (χ0) is 21.3. The zero-order valence-electron chi connectivity index (χ0n) is 16.8. The van der Waals surface area contributed by atoms with Crippen molar-refractivity contribution in [2.24, 2.45) is 0 Å². The Morgan fingerprint density at radius 2 is 0.900 bits per heavy atom. The van der Waals surface area contributed by atoms with Gasteiger partial charge in [0.2, 0.25) is 0 Å². The molecule has 0 aliphatic heterocycles. The second kappa shape index (κ2) is 8.19. The van der Waals surface area contributed by atoms with E-state index in [2.05, 4.69) is 19.1 Å². The van der Waals surface area contributed by atoms with Gasteiger partial charge in [-0.2, -0.15) is 0 Å². The van der Waals surface area contributed by atoms with Gasteiger partial charge in [-0.15, -0.1) is 0 Å². The van der Waals surface area contributed by atoms with Gasteiger partial charge in [-0.25, -0.2) is 13.2 Å². The lowest BCUT2D eigenvalue weighted by molar-refractivity contribution is 0.584. The van der Waals surface area contributed by atoms with Crippen molar-refractivity contribution in [1.29, 1.82) is 0 Å². The predicted octanol–water partition coefficient (Wildman–Crippen LogP) is 7.90. The van der Waals surface area contributed by atoms with Crippen molar-refractivity contribution in [2.75, 3.05) is 0 Å². The molecule has 0 amide bonds. The molecule has 0 nitrogen and oxygen atoms in total. The highest BCUT2D eigenvalue weighted by Gasteiger charge is 2.10. The molecule has 0 N–H and O–H groups in total. The van der Waals surface area contributed by atoms with Gasteiger partial charge >= 0.3 is 0 Å². The zero-order valence-corrected chi connectivity index (χ0v) is 16.8. The summed E-state index contributed by atoms with van der Waals surface area (Å²) < 4.78 is 40.7. The van der Waals surface area contributed by atoms with Crippen molar-refractivity contribution in [2.45, 2.75) is 19.8 Å². The second-order valence-electron chi connectivity index (χ2n) is 7.64. The fourth-order valence-electron chi connectivity index (χ4n) is 3.74.